The number of pyridine rings is 1. The SMILES string of the molecule is NC(=O)c1cccc(CNc2nn3cc(-c4cccnc4)nc3s2)c1. The predicted molar refractivity (Wildman–Crippen MR) is 96.4 cm³/mol. The highest BCUT2D eigenvalue weighted by atomic mass is 32.1. The van der Waals surface area contributed by atoms with E-state index in [1.165, 1.54) is 11.3 Å². The minimum atomic E-state index is -0.433. The van der Waals surface area contributed by atoms with Gasteiger partial charge >= 0.3 is 0 Å². The van der Waals surface area contributed by atoms with E-state index in [9.17, 15) is 4.79 Å². The summed E-state index contributed by atoms with van der Waals surface area (Å²) in [4.78, 5) is 20.7. The monoisotopic (exact) mass is 350 g/mol. The van der Waals surface area contributed by atoms with Crippen LogP contribution in [0.4, 0.5) is 5.13 Å². The zero-order valence-corrected chi connectivity index (χ0v) is 13.9. The Morgan fingerprint density at radius 1 is 1.28 bits per heavy atom. The summed E-state index contributed by atoms with van der Waals surface area (Å²) < 4.78 is 1.75. The number of fused-ring (bicyclic) bond motifs is 1. The van der Waals surface area contributed by atoms with Crippen molar-refractivity contribution in [2.24, 2.45) is 5.73 Å². The number of primary amides is 1. The Bertz CT molecular complexity index is 1010. The van der Waals surface area contributed by atoms with Crippen molar-refractivity contribution in [3.8, 4) is 11.3 Å². The molecule has 0 atom stereocenters. The number of aromatic nitrogens is 4. The standard InChI is InChI=1S/C17H14N6OS/c18-15(24)12-4-1-3-11(7-12)8-20-16-22-23-10-14(21-17(23)25-16)13-5-2-6-19-9-13/h1-7,9-10H,8H2,(H2,18,24)(H,20,22). The number of anilines is 1. The van der Waals surface area contributed by atoms with Crippen LogP contribution in [0.15, 0.2) is 55.0 Å². The first-order chi connectivity index (χ1) is 12.2. The topological polar surface area (TPSA) is 98.2 Å². The molecule has 0 aliphatic rings. The van der Waals surface area contributed by atoms with Crippen LogP contribution in [0, 0.1) is 0 Å². The summed E-state index contributed by atoms with van der Waals surface area (Å²) in [5.41, 5.74) is 8.55. The molecule has 0 aliphatic carbocycles. The molecule has 3 N–H and O–H groups in total. The molecule has 0 spiro atoms. The van der Waals surface area contributed by atoms with Gasteiger partial charge in [0.1, 0.15) is 0 Å². The lowest BCUT2D eigenvalue weighted by atomic mass is 10.1. The maximum Gasteiger partial charge on any atom is 0.248 e. The van der Waals surface area contributed by atoms with Crippen LogP contribution >= 0.6 is 11.3 Å². The number of hydrogen-bond donors (Lipinski definition) is 2. The van der Waals surface area contributed by atoms with E-state index in [4.69, 9.17) is 5.73 Å². The lowest BCUT2D eigenvalue weighted by Gasteiger charge is -2.03. The first-order valence-electron chi connectivity index (χ1n) is 7.58. The molecule has 0 unspecified atom stereocenters. The largest absolute Gasteiger partial charge is 0.366 e. The Hall–Kier alpha value is -3.26. The Morgan fingerprint density at radius 3 is 2.96 bits per heavy atom. The second-order valence-electron chi connectivity index (χ2n) is 5.42. The molecule has 124 valence electrons. The quantitative estimate of drug-likeness (QED) is 0.576. The van der Waals surface area contributed by atoms with E-state index in [0.717, 1.165) is 26.9 Å². The molecule has 0 fully saturated rings. The maximum absolute atomic E-state index is 11.2. The molecular weight excluding hydrogens is 336 g/mol. The van der Waals surface area contributed by atoms with Gasteiger partial charge in [-0.2, -0.15) is 0 Å². The van der Waals surface area contributed by atoms with Gasteiger partial charge in [0.05, 0.1) is 11.9 Å². The van der Waals surface area contributed by atoms with E-state index in [0.29, 0.717) is 12.1 Å². The number of imidazole rings is 1. The van der Waals surface area contributed by atoms with E-state index < -0.39 is 5.91 Å². The van der Waals surface area contributed by atoms with Crippen LogP contribution in [0.3, 0.4) is 0 Å². The van der Waals surface area contributed by atoms with Crippen LogP contribution in [0.2, 0.25) is 0 Å². The summed E-state index contributed by atoms with van der Waals surface area (Å²) in [5.74, 6) is -0.433. The van der Waals surface area contributed by atoms with Crippen molar-refractivity contribution in [3.63, 3.8) is 0 Å². The molecule has 0 aliphatic heterocycles. The molecule has 1 amide bonds. The average Bonchev–Trinajstić information content (AvgIpc) is 3.19. The Morgan fingerprint density at radius 2 is 2.20 bits per heavy atom. The minimum Gasteiger partial charge on any atom is -0.366 e. The Balaban J connectivity index is 1.50. The molecule has 7 nitrogen and oxygen atoms in total. The van der Waals surface area contributed by atoms with E-state index in [-0.39, 0.29) is 0 Å². The molecule has 0 bridgehead atoms. The van der Waals surface area contributed by atoms with Gasteiger partial charge in [-0.1, -0.05) is 23.5 Å². The highest BCUT2D eigenvalue weighted by molar-refractivity contribution is 7.20. The average molecular weight is 350 g/mol. The molecular formula is C17H14N6OS. The fourth-order valence-corrected chi connectivity index (χ4v) is 3.21. The molecule has 0 radical (unpaired) electrons. The van der Waals surface area contributed by atoms with E-state index in [1.807, 2.05) is 30.5 Å². The van der Waals surface area contributed by atoms with Crippen molar-refractivity contribution in [1.82, 2.24) is 19.6 Å². The molecule has 8 heteroatoms. The van der Waals surface area contributed by atoms with Gasteiger partial charge in [0.25, 0.3) is 0 Å². The van der Waals surface area contributed by atoms with Crippen molar-refractivity contribution in [1.29, 1.82) is 0 Å². The van der Waals surface area contributed by atoms with Crippen LogP contribution in [-0.2, 0) is 6.54 Å². The number of carbonyl (C=O) groups is 1. The van der Waals surface area contributed by atoms with Gasteiger partial charge in [0.2, 0.25) is 16.0 Å². The van der Waals surface area contributed by atoms with E-state index in [2.05, 4.69) is 20.4 Å². The predicted octanol–water partition coefficient (Wildman–Crippen LogP) is 2.56. The van der Waals surface area contributed by atoms with E-state index in [1.54, 1.807) is 29.0 Å². The lowest BCUT2D eigenvalue weighted by molar-refractivity contribution is 0.1000. The fraction of sp³-hybridized carbons (Fsp3) is 0.0588. The molecule has 4 aromatic rings. The second-order valence-corrected chi connectivity index (χ2v) is 6.38. The number of hydrogen-bond acceptors (Lipinski definition) is 6. The van der Waals surface area contributed by atoms with Crippen LogP contribution < -0.4 is 11.1 Å². The molecule has 1 aromatic carbocycles. The van der Waals surface area contributed by atoms with Crippen LogP contribution in [-0.4, -0.2) is 25.5 Å². The number of nitrogens with one attached hydrogen (secondary N) is 1. The first kappa shape index (κ1) is 15.3. The number of nitrogens with zero attached hydrogens (tertiary/aromatic N) is 4. The number of carbonyl (C=O) groups excluding carboxylic acids is 1. The van der Waals surface area contributed by atoms with Gasteiger partial charge < -0.3 is 11.1 Å². The van der Waals surface area contributed by atoms with Gasteiger partial charge in [-0.05, 0) is 29.8 Å². The summed E-state index contributed by atoms with van der Waals surface area (Å²) in [5, 5.41) is 8.48. The lowest BCUT2D eigenvalue weighted by Crippen LogP contribution is -2.11. The summed E-state index contributed by atoms with van der Waals surface area (Å²) in [7, 11) is 0. The molecule has 25 heavy (non-hydrogen) atoms. The van der Waals surface area contributed by atoms with Crippen molar-refractivity contribution >= 4 is 27.3 Å². The third-order valence-corrected chi connectivity index (χ3v) is 4.54. The third kappa shape index (κ3) is 3.20. The molecule has 0 saturated carbocycles. The van der Waals surface area contributed by atoms with Crippen molar-refractivity contribution < 1.29 is 4.79 Å². The summed E-state index contributed by atoms with van der Waals surface area (Å²) in [6.45, 7) is 0.549. The van der Waals surface area contributed by atoms with Crippen molar-refractivity contribution in [2.75, 3.05) is 5.32 Å². The third-order valence-electron chi connectivity index (χ3n) is 3.66. The van der Waals surface area contributed by atoms with Gasteiger partial charge in [-0.25, -0.2) is 9.50 Å². The first-order valence-corrected chi connectivity index (χ1v) is 8.40. The number of benzene rings is 1. The number of nitrogens with two attached hydrogens (primary N) is 1. The molecule has 0 saturated heterocycles. The van der Waals surface area contributed by atoms with Gasteiger partial charge in [0.15, 0.2) is 0 Å². The zero-order valence-electron chi connectivity index (χ0n) is 13.1. The van der Waals surface area contributed by atoms with Gasteiger partial charge in [-0.3, -0.25) is 9.78 Å². The molecule has 3 heterocycles. The maximum atomic E-state index is 11.2. The smallest absolute Gasteiger partial charge is 0.248 e. The minimum absolute atomic E-state index is 0.433. The summed E-state index contributed by atoms with van der Waals surface area (Å²) in [6.07, 6.45) is 5.38. The highest BCUT2D eigenvalue weighted by Crippen LogP contribution is 2.24. The van der Waals surface area contributed by atoms with Gasteiger partial charge in [-0.15, -0.1) is 5.10 Å². The zero-order chi connectivity index (χ0) is 17.2. The molecule has 4 rings (SSSR count). The fourth-order valence-electron chi connectivity index (χ4n) is 2.44. The van der Waals surface area contributed by atoms with Crippen LogP contribution in [0.5, 0.6) is 0 Å². The second kappa shape index (κ2) is 6.33. The Labute approximate surface area is 147 Å². The summed E-state index contributed by atoms with van der Waals surface area (Å²) >= 11 is 1.46. The molecule has 3 aromatic heterocycles. The Kier molecular flexibility index (Phi) is 3.87. The van der Waals surface area contributed by atoms with Gasteiger partial charge in [0, 0.05) is 30.1 Å². The van der Waals surface area contributed by atoms with Crippen molar-refractivity contribution in [2.45, 2.75) is 6.54 Å². The van der Waals surface area contributed by atoms with E-state index >= 15 is 0 Å². The highest BCUT2D eigenvalue weighted by Gasteiger charge is 2.10. The normalized spacial score (nSPS) is 10.9. The number of rotatable bonds is 5. The summed E-state index contributed by atoms with van der Waals surface area (Å²) in [6, 6.07) is 11.1. The van der Waals surface area contributed by atoms with Crippen LogP contribution in [0.1, 0.15) is 15.9 Å². The van der Waals surface area contributed by atoms with Crippen LogP contribution in [0.25, 0.3) is 16.2 Å². The number of amides is 1. The van der Waals surface area contributed by atoms with Crippen molar-refractivity contribution in [3.05, 3.63) is 66.1 Å².